The van der Waals surface area contributed by atoms with E-state index in [-0.39, 0.29) is 12.0 Å². The monoisotopic (exact) mass is 297 g/mol. The predicted molar refractivity (Wildman–Crippen MR) is 70.0 cm³/mol. The van der Waals surface area contributed by atoms with E-state index >= 15 is 0 Å². The average molecular weight is 298 g/mol. The second-order valence-electron chi connectivity index (χ2n) is 4.44. The molecular formula is C13H16BrNO2. The average Bonchev–Trinajstić information content (AvgIpc) is 2.33. The van der Waals surface area contributed by atoms with Crippen LogP contribution in [0.2, 0.25) is 0 Å². The number of benzene rings is 1. The lowest BCUT2D eigenvalue weighted by Crippen LogP contribution is -2.40. The minimum absolute atomic E-state index is 0.0655. The quantitative estimate of drug-likeness (QED) is 0.864. The van der Waals surface area contributed by atoms with Gasteiger partial charge in [0.15, 0.2) is 0 Å². The van der Waals surface area contributed by atoms with E-state index in [0.717, 1.165) is 15.6 Å². The van der Waals surface area contributed by atoms with Crippen molar-refractivity contribution >= 4 is 21.8 Å². The van der Waals surface area contributed by atoms with Crippen molar-refractivity contribution in [1.82, 2.24) is 4.90 Å². The second kappa shape index (κ2) is 5.19. The van der Waals surface area contributed by atoms with Crippen LogP contribution < -0.4 is 0 Å². The van der Waals surface area contributed by atoms with Gasteiger partial charge < -0.3 is 10.0 Å². The molecule has 17 heavy (non-hydrogen) atoms. The maximum Gasteiger partial charge on any atom is 0.254 e. The fourth-order valence-electron chi connectivity index (χ4n) is 2.08. The highest BCUT2D eigenvalue weighted by molar-refractivity contribution is 9.10. The zero-order valence-electron chi connectivity index (χ0n) is 9.82. The van der Waals surface area contributed by atoms with Gasteiger partial charge in [0.1, 0.15) is 0 Å². The van der Waals surface area contributed by atoms with Crippen molar-refractivity contribution in [1.29, 1.82) is 0 Å². The summed E-state index contributed by atoms with van der Waals surface area (Å²) in [5.74, 6) is 0.0655. The summed E-state index contributed by atoms with van der Waals surface area (Å²) in [5, 5.41) is 9.43. The maximum absolute atomic E-state index is 12.3. The molecule has 1 saturated heterocycles. The molecule has 1 aromatic carbocycles. The van der Waals surface area contributed by atoms with Crippen molar-refractivity contribution in [3.63, 3.8) is 0 Å². The van der Waals surface area contributed by atoms with Gasteiger partial charge in [-0.2, -0.15) is 0 Å². The van der Waals surface area contributed by atoms with E-state index in [9.17, 15) is 9.90 Å². The van der Waals surface area contributed by atoms with Gasteiger partial charge in [0.25, 0.3) is 5.91 Å². The number of halogens is 1. The largest absolute Gasteiger partial charge is 0.393 e. The molecule has 0 saturated carbocycles. The highest BCUT2D eigenvalue weighted by Gasteiger charge is 2.23. The van der Waals surface area contributed by atoms with Crippen LogP contribution in [0.5, 0.6) is 0 Å². The number of amides is 1. The maximum atomic E-state index is 12.3. The van der Waals surface area contributed by atoms with Gasteiger partial charge in [0, 0.05) is 23.1 Å². The Morgan fingerprint density at radius 1 is 1.41 bits per heavy atom. The van der Waals surface area contributed by atoms with Crippen LogP contribution in [0.25, 0.3) is 0 Å². The number of aliphatic hydroxyl groups excluding tert-OH is 1. The third-order valence-electron chi connectivity index (χ3n) is 3.25. The van der Waals surface area contributed by atoms with Crippen LogP contribution in [0.3, 0.4) is 0 Å². The summed E-state index contributed by atoms with van der Waals surface area (Å²) in [6.07, 6.45) is 1.11. The molecule has 1 amide bonds. The lowest BCUT2D eigenvalue weighted by molar-refractivity contribution is 0.0546. The zero-order chi connectivity index (χ0) is 12.4. The van der Waals surface area contributed by atoms with Crippen LogP contribution in [-0.2, 0) is 0 Å². The van der Waals surface area contributed by atoms with Crippen molar-refractivity contribution < 1.29 is 9.90 Å². The molecule has 1 aromatic rings. The zero-order valence-corrected chi connectivity index (χ0v) is 11.4. The molecule has 3 nitrogen and oxygen atoms in total. The van der Waals surface area contributed by atoms with E-state index in [1.165, 1.54) is 0 Å². The molecule has 1 heterocycles. The molecule has 2 rings (SSSR count). The number of hydrogen-bond donors (Lipinski definition) is 1. The molecule has 4 heteroatoms. The first-order chi connectivity index (χ1) is 8.09. The van der Waals surface area contributed by atoms with Crippen molar-refractivity contribution in [3.05, 3.63) is 33.8 Å². The molecule has 0 unspecified atom stereocenters. The Bertz CT molecular complexity index is 425. The third-order valence-corrected chi connectivity index (χ3v) is 4.11. The van der Waals surface area contributed by atoms with Gasteiger partial charge >= 0.3 is 0 Å². The van der Waals surface area contributed by atoms with E-state index < -0.39 is 0 Å². The molecule has 0 atom stereocenters. The van der Waals surface area contributed by atoms with E-state index in [1.54, 1.807) is 0 Å². The van der Waals surface area contributed by atoms with Crippen molar-refractivity contribution in [2.75, 3.05) is 13.1 Å². The van der Waals surface area contributed by atoms with E-state index in [2.05, 4.69) is 15.9 Å². The summed E-state index contributed by atoms with van der Waals surface area (Å²) in [6.45, 7) is 3.23. The summed E-state index contributed by atoms with van der Waals surface area (Å²) in [7, 11) is 0. The standard InChI is InChI=1S/C13H16BrNO2/c1-9-11(3-2-4-12(9)14)13(17)15-7-5-10(16)6-8-15/h2-4,10,16H,5-8H2,1H3. The number of carbonyl (C=O) groups excluding carboxylic acids is 1. The van der Waals surface area contributed by atoms with Crippen LogP contribution in [0, 0.1) is 6.92 Å². The molecule has 0 spiro atoms. The van der Waals surface area contributed by atoms with Crippen molar-refractivity contribution in [2.24, 2.45) is 0 Å². The molecular weight excluding hydrogens is 282 g/mol. The van der Waals surface area contributed by atoms with Gasteiger partial charge in [-0.15, -0.1) is 0 Å². The fraction of sp³-hybridized carbons (Fsp3) is 0.462. The lowest BCUT2D eigenvalue weighted by Gasteiger charge is -2.30. The Labute approximate surface area is 110 Å². The Hall–Kier alpha value is -0.870. The minimum atomic E-state index is -0.248. The summed E-state index contributed by atoms with van der Waals surface area (Å²) in [5.41, 5.74) is 1.72. The highest BCUT2D eigenvalue weighted by atomic mass is 79.9. The second-order valence-corrected chi connectivity index (χ2v) is 5.29. The summed E-state index contributed by atoms with van der Waals surface area (Å²) >= 11 is 3.44. The molecule has 0 bridgehead atoms. The normalized spacial score (nSPS) is 17.2. The van der Waals surface area contributed by atoms with E-state index in [1.807, 2.05) is 30.0 Å². The number of rotatable bonds is 1. The molecule has 1 aliphatic heterocycles. The molecule has 0 radical (unpaired) electrons. The molecule has 0 aromatic heterocycles. The lowest BCUT2D eigenvalue weighted by atomic mass is 10.0. The summed E-state index contributed by atoms with van der Waals surface area (Å²) < 4.78 is 0.959. The van der Waals surface area contributed by atoms with Gasteiger partial charge in [-0.05, 0) is 37.5 Å². The van der Waals surface area contributed by atoms with Gasteiger partial charge in [-0.1, -0.05) is 22.0 Å². The third kappa shape index (κ3) is 2.69. The highest BCUT2D eigenvalue weighted by Crippen LogP contribution is 2.22. The summed E-state index contributed by atoms with van der Waals surface area (Å²) in [4.78, 5) is 14.1. The Morgan fingerprint density at radius 3 is 2.71 bits per heavy atom. The van der Waals surface area contributed by atoms with Gasteiger partial charge in [-0.25, -0.2) is 0 Å². The minimum Gasteiger partial charge on any atom is -0.393 e. The fourth-order valence-corrected chi connectivity index (χ4v) is 2.44. The number of hydrogen-bond acceptors (Lipinski definition) is 2. The van der Waals surface area contributed by atoms with Gasteiger partial charge in [-0.3, -0.25) is 4.79 Å². The molecule has 92 valence electrons. The van der Waals surface area contributed by atoms with Crippen molar-refractivity contribution in [2.45, 2.75) is 25.9 Å². The summed E-state index contributed by atoms with van der Waals surface area (Å²) in [6, 6.07) is 5.67. The Kier molecular flexibility index (Phi) is 3.84. The number of piperidine rings is 1. The first kappa shape index (κ1) is 12.6. The number of carbonyl (C=O) groups is 1. The first-order valence-electron chi connectivity index (χ1n) is 5.82. The molecule has 1 fully saturated rings. The van der Waals surface area contributed by atoms with Crippen LogP contribution in [0.4, 0.5) is 0 Å². The number of aliphatic hydroxyl groups is 1. The van der Waals surface area contributed by atoms with Crippen LogP contribution in [0.15, 0.2) is 22.7 Å². The Balaban J connectivity index is 2.17. The molecule has 1 aliphatic rings. The number of likely N-dealkylation sites (tertiary alicyclic amines) is 1. The van der Waals surface area contributed by atoms with Crippen LogP contribution in [-0.4, -0.2) is 35.1 Å². The Morgan fingerprint density at radius 2 is 2.06 bits per heavy atom. The van der Waals surface area contributed by atoms with E-state index in [0.29, 0.717) is 25.9 Å². The topological polar surface area (TPSA) is 40.5 Å². The van der Waals surface area contributed by atoms with E-state index in [4.69, 9.17) is 0 Å². The smallest absolute Gasteiger partial charge is 0.254 e. The van der Waals surface area contributed by atoms with Crippen LogP contribution in [0.1, 0.15) is 28.8 Å². The SMILES string of the molecule is Cc1c(Br)cccc1C(=O)N1CCC(O)CC1. The van der Waals surface area contributed by atoms with Crippen LogP contribution >= 0.6 is 15.9 Å². The molecule has 1 N–H and O–H groups in total. The van der Waals surface area contributed by atoms with Gasteiger partial charge in [0.2, 0.25) is 0 Å². The van der Waals surface area contributed by atoms with Crippen molar-refractivity contribution in [3.8, 4) is 0 Å². The molecule has 0 aliphatic carbocycles. The van der Waals surface area contributed by atoms with Gasteiger partial charge in [0.05, 0.1) is 6.10 Å². The predicted octanol–water partition coefficient (Wildman–Crippen LogP) is 2.35. The number of nitrogens with zero attached hydrogens (tertiary/aromatic N) is 1. The first-order valence-corrected chi connectivity index (χ1v) is 6.61.